The highest BCUT2D eigenvalue weighted by atomic mass is 19.1. The number of hydrogen-bond acceptors (Lipinski definition) is 4. The van der Waals surface area contributed by atoms with Crippen molar-refractivity contribution < 1.29 is 18.7 Å². The van der Waals surface area contributed by atoms with Crippen LogP contribution in [-0.4, -0.2) is 41.8 Å². The molecule has 3 fully saturated rings. The predicted octanol–water partition coefficient (Wildman–Crippen LogP) is 3.14. The molecule has 3 aliphatic rings. The molecule has 2 saturated carbocycles. The molecule has 5 rings (SSSR count). The fraction of sp³-hybridized carbons (Fsp3) is 0.545. The van der Waals surface area contributed by atoms with Crippen molar-refractivity contribution in [3.8, 4) is 0 Å². The molecule has 2 aliphatic carbocycles. The van der Waals surface area contributed by atoms with Crippen LogP contribution in [-0.2, 0) is 0 Å². The highest BCUT2D eigenvalue weighted by molar-refractivity contribution is 5.94. The summed E-state index contributed by atoms with van der Waals surface area (Å²) in [6.45, 7) is 1.15. The summed E-state index contributed by atoms with van der Waals surface area (Å²) in [5, 5.41) is 12.5. The van der Waals surface area contributed by atoms with E-state index in [1.54, 1.807) is 4.90 Å². The molecule has 0 radical (unpaired) electrons. The number of aromatic nitrogens is 1. The zero-order valence-corrected chi connectivity index (χ0v) is 16.8. The molecule has 160 valence electrons. The van der Waals surface area contributed by atoms with Crippen molar-refractivity contribution in [2.45, 2.75) is 44.2 Å². The highest BCUT2D eigenvalue weighted by Gasteiger charge is 2.41. The summed E-state index contributed by atoms with van der Waals surface area (Å²) in [6, 6.07) is 1.30. The molecule has 1 saturated heterocycles. The van der Waals surface area contributed by atoms with Crippen molar-refractivity contribution in [3.05, 3.63) is 39.7 Å². The van der Waals surface area contributed by atoms with Crippen molar-refractivity contribution >= 4 is 22.6 Å². The Morgan fingerprint density at radius 1 is 1.20 bits per heavy atom. The van der Waals surface area contributed by atoms with Crippen LogP contribution in [0.2, 0.25) is 0 Å². The van der Waals surface area contributed by atoms with E-state index in [0.29, 0.717) is 31.0 Å². The van der Waals surface area contributed by atoms with E-state index in [9.17, 15) is 14.7 Å². The minimum atomic E-state index is -1.39. The lowest BCUT2D eigenvalue weighted by Crippen LogP contribution is -2.40. The largest absolute Gasteiger partial charge is 0.477 e. The molecule has 30 heavy (non-hydrogen) atoms. The molecule has 0 amide bonds. The van der Waals surface area contributed by atoms with Gasteiger partial charge < -0.3 is 19.9 Å². The number of hydrogen-bond donors (Lipinski definition) is 2. The lowest BCUT2D eigenvalue weighted by atomic mass is 9.78. The summed E-state index contributed by atoms with van der Waals surface area (Å²) in [4.78, 5) is 25.9. The molecular weight excluding hydrogens is 392 g/mol. The Morgan fingerprint density at radius 3 is 2.63 bits per heavy atom. The van der Waals surface area contributed by atoms with E-state index in [4.69, 9.17) is 0 Å². The van der Waals surface area contributed by atoms with Crippen molar-refractivity contribution in [2.24, 2.45) is 11.8 Å². The number of nitrogens with one attached hydrogen (secondary N) is 1. The third kappa shape index (κ3) is 2.92. The summed E-state index contributed by atoms with van der Waals surface area (Å²) >= 11 is 0. The van der Waals surface area contributed by atoms with Gasteiger partial charge in [-0.2, -0.15) is 0 Å². The molecule has 3 atom stereocenters. The molecule has 1 aliphatic heterocycles. The normalized spacial score (nSPS) is 26.2. The van der Waals surface area contributed by atoms with Crippen LogP contribution in [0.25, 0.3) is 10.9 Å². The summed E-state index contributed by atoms with van der Waals surface area (Å²) in [7, 11) is 1.93. The fourth-order valence-electron chi connectivity index (χ4n) is 5.53. The smallest absolute Gasteiger partial charge is 0.341 e. The predicted molar refractivity (Wildman–Crippen MR) is 109 cm³/mol. The maximum absolute atomic E-state index is 15.8. The van der Waals surface area contributed by atoms with Crippen LogP contribution in [0.15, 0.2) is 17.1 Å². The van der Waals surface area contributed by atoms with Gasteiger partial charge in [-0.15, -0.1) is 0 Å². The van der Waals surface area contributed by atoms with E-state index >= 15 is 8.78 Å². The fourth-order valence-corrected chi connectivity index (χ4v) is 5.53. The summed E-state index contributed by atoms with van der Waals surface area (Å²) in [6.07, 6.45) is 5.98. The van der Waals surface area contributed by atoms with Crippen molar-refractivity contribution in [3.63, 3.8) is 0 Å². The average molecular weight is 417 g/mol. The SMILES string of the molecule is CN[C@@H]1CCC[C@@H]2CN(c3c(F)cc4c(=O)c(C(=O)O)cn(C5CC5)c4c3F)C[C@@H]21. The van der Waals surface area contributed by atoms with E-state index < -0.39 is 28.6 Å². The Balaban J connectivity index is 1.66. The number of aromatic carboxylic acids is 1. The summed E-state index contributed by atoms with van der Waals surface area (Å²) in [5.74, 6) is -2.24. The van der Waals surface area contributed by atoms with Crippen LogP contribution in [0.4, 0.5) is 14.5 Å². The summed E-state index contributed by atoms with van der Waals surface area (Å²) < 4.78 is 32.5. The van der Waals surface area contributed by atoms with Crippen LogP contribution < -0.4 is 15.6 Å². The number of anilines is 1. The molecule has 0 bridgehead atoms. The number of pyridine rings is 1. The number of nitrogens with zero attached hydrogens (tertiary/aromatic N) is 2. The van der Waals surface area contributed by atoms with Crippen LogP contribution in [0.5, 0.6) is 0 Å². The second kappa shape index (κ2) is 7.04. The Bertz CT molecular complexity index is 1100. The second-order valence-electron chi connectivity index (χ2n) is 8.89. The molecule has 6 nitrogen and oxygen atoms in total. The van der Waals surface area contributed by atoms with E-state index in [1.807, 2.05) is 7.05 Å². The van der Waals surface area contributed by atoms with Gasteiger partial charge in [0.05, 0.1) is 10.9 Å². The molecule has 2 N–H and O–H groups in total. The molecule has 2 aromatic rings. The molecule has 1 aromatic carbocycles. The average Bonchev–Trinajstić information content (AvgIpc) is 3.46. The number of carboxylic acid groups (broad SMARTS) is 1. The maximum atomic E-state index is 15.8. The first-order chi connectivity index (χ1) is 14.4. The Kier molecular flexibility index (Phi) is 4.57. The van der Waals surface area contributed by atoms with Gasteiger partial charge >= 0.3 is 5.97 Å². The van der Waals surface area contributed by atoms with Gasteiger partial charge in [-0.05, 0) is 50.6 Å². The lowest BCUT2D eigenvalue weighted by Gasteiger charge is -2.32. The van der Waals surface area contributed by atoms with Gasteiger partial charge in [0.1, 0.15) is 17.1 Å². The third-order valence-corrected chi connectivity index (χ3v) is 7.14. The van der Waals surface area contributed by atoms with Gasteiger partial charge in [0.25, 0.3) is 0 Å². The van der Waals surface area contributed by atoms with Gasteiger partial charge in [-0.25, -0.2) is 13.6 Å². The number of benzene rings is 1. The van der Waals surface area contributed by atoms with E-state index in [0.717, 1.165) is 38.2 Å². The molecule has 0 spiro atoms. The van der Waals surface area contributed by atoms with Crippen LogP contribution in [0.3, 0.4) is 0 Å². The van der Waals surface area contributed by atoms with Crippen LogP contribution in [0.1, 0.15) is 48.5 Å². The van der Waals surface area contributed by atoms with E-state index in [-0.39, 0.29) is 22.6 Å². The van der Waals surface area contributed by atoms with E-state index in [2.05, 4.69) is 5.32 Å². The Labute approximate surface area is 172 Å². The summed E-state index contributed by atoms with van der Waals surface area (Å²) in [5.41, 5.74) is -1.37. The topological polar surface area (TPSA) is 74.6 Å². The molecule has 0 unspecified atom stereocenters. The monoisotopic (exact) mass is 417 g/mol. The van der Waals surface area contributed by atoms with Gasteiger partial charge in [-0.3, -0.25) is 4.79 Å². The second-order valence-corrected chi connectivity index (χ2v) is 8.89. The quantitative estimate of drug-likeness (QED) is 0.800. The molecule has 1 aromatic heterocycles. The van der Waals surface area contributed by atoms with Gasteiger partial charge in [-0.1, -0.05) is 6.42 Å². The lowest BCUT2D eigenvalue weighted by molar-refractivity contribution is 0.0694. The van der Waals surface area contributed by atoms with Crippen LogP contribution >= 0.6 is 0 Å². The third-order valence-electron chi connectivity index (χ3n) is 7.14. The number of rotatable bonds is 4. The van der Waals surface area contributed by atoms with Crippen molar-refractivity contribution in [2.75, 3.05) is 25.0 Å². The van der Waals surface area contributed by atoms with Gasteiger partial charge in [0.15, 0.2) is 5.82 Å². The zero-order chi connectivity index (χ0) is 21.2. The molecule has 2 heterocycles. The van der Waals surface area contributed by atoms with Crippen molar-refractivity contribution in [1.82, 2.24) is 9.88 Å². The zero-order valence-electron chi connectivity index (χ0n) is 16.8. The number of carbonyl (C=O) groups is 1. The van der Waals surface area contributed by atoms with E-state index in [1.165, 1.54) is 10.8 Å². The minimum absolute atomic E-state index is 0.0175. The molecular formula is C22H25F2N3O3. The first-order valence-corrected chi connectivity index (χ1v) is 10.6. The Hall–Kier alpha value is -2.48. The van der Waals surface area contributed by atoms with Gasteiger partial charge in [0, 0.05) is 31.4 Å². The minimum Gasteiger partial charge on any atom is -0.477 e. The number of halogens is 2. The number of fused-ring (bicyclic) bond motifs is 2. The maximum Gasteiger partial charge on any atom is 0.341 e. The van der Waals surface area contributed by atoms with Crippen molar-refractivity contribution in [1.29, 1.82) is 0 Å². The Morgan fingerprint density at radius 2 is 1.97 bits per heavy atom. The van der Waals surface area contributed by atoms with Gasteiger partial charge in [0.2, 0.25) is 5.43 Å². The number of carboxylic acids is 1. The highest BCUT2D eigenvalue weighted by Crippen LogP contribution is 2.43. The first-order valence-electron chi connectivity index (χ1n) is 10.6. The standard InChI is InChI=1S/C22H25F2N3O3/c1-25-17-4-2-3-11-8-26(9-14(11)17)20-16(23)7-13-19(18(20)24)27(12-5-6-12)10-15(21(13)28)22(29)30/h7,10-12,14,17,25H,2-6,8-9H2,1H3,(H,29,30)/t11-,14+,17-/m1/s1. The molecule has 8 heteroatoms. The first kappa shape index (κ1) is 19.5. The van der Waals surface area contributed by atoms with Crippen LogP contribution in [0, 0.1) is 23.5 Å².